The Morgan fingerprint density at radius 1 is 1.08 bits per heavy atom. The summed E-state index contributed by atoms with van der Waals surface area (Å²) in [6.45, 7) is 0. The molecule has 1 aliphatic rings. The summed E-state index contributed by atoms with van der Waals surface area (Å²) in [7, 11) is 6.08. The van der Waals surface area contributed by atoms with Crippen LogP contribution in [0.1, 0.15) is 12.8 Å². The minimum absolute atomic E-state index is 0.527. The van der Waals surface area contributed by atoms with Crippen molar-refractivity contribution in [2.45, 2.75) is 31.0 Å². The first-order valence-corrected chi connectivity index (χ1v) is 4.67. The third-order valence-electron chi connectivity index (χ3n) is 2.76. The van der Waals surface area contributed by atoms with Gasteiger partial charge in [0.25, 0.3) is 0 Å². The average molecular weight is 170 g/mol. The predicted molar refractivity (Wildman–Crippen MR) is 52.1 cm³/mol. The van der Waals surface area contributed by atoms with Gasteiger partial charge in [-0.2, -0.15) is 0 Å². The molecule has 3 heteroatoms. The lowest BCUT2D eigenvalue weighted by atomic mass is 9.87. The lowest BCUT2D eigenvalue weighted by Crippen LogP contribution is -2.52. The van der Waals surface area contributed by atoms with Crippen LogP contribution in [0, 0.1) is 6.42 Å². The first-order chi connectivity index (χ1) is 5.81. The summed E-state index contributed by atoms with van der Waals surface area (Å²) >= 11 is 0. The molecule has 0 heterocycles. The highest BCUT2D eigenvalue weighted by Gasteiger charge is 2.27. The molecule has 1 aliphatic carbocycles. The Hall–Kier alpha value is -0.120. The zero-order valence-corrected chi connectivity index (χ0v) is 8.22. The minimum Gasteiger partial charge on any atom is -0.317 e. The van der Waals surface area contributed by atoms with Crippen LogP contribution < -0.4 is 16.0 Å². The first-order valence-electron chi connectivity index (χ1n) is 4.67. The van der Waals surface area contributed by atoms with E-state index in [1.54, 1.807) is 0 Å². The largest absolute Gasteiger partial charge is 0.317 e. The van der Waals surface area contributed by atoms with E-state index in [0.29, 0.717) is 18.1 Å². The van der Waals surface area contributed by atoms with Crippen molar-refractivity contribution >= 4 is 0 Å². The van der Waals surface area contributed by atoms with Crippen LogP contribution in [0.5, 0.6) is 0 Å². The molecule has 3 atom stereocenters. The molecular formula is C9H20N3. The molecule has 3 nitrogen and oxygen atoms in total. The van der Waals surface area contributed by atoms with Gasteiger partial charge in [-0.25, -0.2) is 0 Å². The van der Waals surface area contributed by atoms with Gasteiger partial charge in [0.15, 0.2) is 0 Å². The van der Waals surface area contributed by atoms with Crippen molar-refractivity contribution in [1.29, 1.82) is 0 Å². The fourth-order valence-electron chi connectivity index (χ4n) is 1.88. The van der Waals surface area contributed by atoms with Crippen molar-refractivity contribution < 1.29 is 0 Å². The lowest BCUT2D eigenvalue weighted by molar-refractivity contribution is 0.317. The smallest absolute Gasteiger partial charge is 0.0250 e. The lowest BCUT2D eigenvalue weighted by Gasteiger charge is -2.35. The summed E-state index contributed by atoms with van der Waals surface area (Å²) in [5.41, 5.74) is 0. The van der Waals surface area contributed by atoms with Gasteiger partial charge >= 0.3 is 0 Å². The van der Waals surface area contributed by atoms with Gasteiger partial charge in [0.2, 0.25) is 0 Å². The zero-order chi connectivity index (χ0) is 8.97. The average Bonchev–Trinajstić information content (AvgIpc) is 2.16. The number of hydrogen-bond donors (Lipinski definition) is 3. The molecule has 0 aromatic rings. The van der Waals surface area contributed by atoms with Crippen molar-refractivity contribution in [1.82, 2.24) is 16.0 Å². The molecule has 3 unspecified atom stereocenters. The van der Waals surface area contributed by atoms with Crippen molar-refractivity contribution in [2.75, 3.05) is 21.1 Å². The first kappa shape index (κ1) is 9.96. The van der Waals surface area contributed by atoms with Crippen LogP contribution in [-0.4, -0.2) is 39.3 Å². The van der Waals surface area contributed by atoms with Gasteiger partial charge < -0.3 is 16.0 Å². The maximum absolute atomic E-state index is 3.34. The molecule has 0 aromatic heterocycles. The molecule has 1 saturated carbocycles. The van der Waals surface area contributed by atoms with E-state index in [1.807, 2.05) is 21.1 Å². The third kappa shape index (κ3) is 2.19. The van der Waals surface area contributed by atoms with Gasteiger partial charge in [0, 0.05) is 18.1 Å². The standard InChI is InChI=1S/C9H20N3/c1-10-7-4-5-8(11-2)9(6-7)12-3/h5,7-12H,4,6H2,1-3H3. The molecule has 1 radical (unpaired) electrons. The van der Waals surface area contributed by atoms with Gasteiger partial charge in [0.05, 0.1) is 0 Å². The summed E-state index contributed by atoms with van der Waals surface area (Å²) in [6.07, 6.45) is 4.72. The van der Waals surface area contributed by atoms with Gasteiger partial charge in [-0.05, 0) is 40.4 Å². The Morgan fingerprint density at radius 3 is 2.33 bits per heavy atom. The fraction of sp³-hybridized carbons (Fsp3) is 0.889. The van der Waals surface area contributed by atoms with Crippen LogP contribution in [0.2, 0.25) is 0 Å². The Balaban J connectivity index is 2.41. The topological polar surface area (TPSA) is 36.1 Å². The van der Waals surface area contributed by atoms with E-state index in [9.17, 15) is 0 Å². The second kappa shape index (κ2) is 4.80. The van der Waals surface area contributed by atoms with E-state index >= 15 is 0 Å². The quantitative estimate of drug-likeness (QED) is 0.546. The second-order valence-electron chi connectivity index (χ2n) is 3.40. The highest BCUT2D eigenvalue weighted by Crippen LogP contribution is 2.17. The summed E-state index contributed by atoms with van der Waals surface area (Å²) in [4.78, 5) is 0. The summed E-state index contributed by atoms with van der Waals surface area (Å²) in [5, 5.41) is 9.95. The Labute approximate surface area is 75.3 Å². The number of likely N-dealkylation sites (N-methyl/N-ethyl adjacent to an activating group) is 2. The van der Waals surface area contributed by atoms with Gasteiger partial charge in [-0.3, -0.25) is 0 Å². The monoisotopic (exact) mass is 170 g/mol. The molecule has 12 heavy (non-hydrogen) atoms. The van der Waals surface area contributed by atoms with Gasteiger partial charge in [0.1, 0.15) is 0 Å². The molecule has 0 saturated heterocycles. The molecule has 71 valence electrons. The Morgan fingerprint density at radius 2 is 1.83 bits per heavy atom. The number of rotatable bonds is 3. The summed E-state index contributed by atoms with van der Waals surface area (Å²) in [5.74, 6) is 0. The summed E-state index contributed by atoms with van der Waals surface area (Å²) in [6, 6.07) is 1.74. The highest BCUT2D eigenvalue weighted by atomic mass is 15.0. The van der Waals surface area contributed by atoms with Crippen LogP contribution in [-0.2, 0) is 0 Å². The van der Waals surface area contributed by atoms with Crippen LogP contribution in [0.15, 0.2) is 0 Å². The van der Waals surface area contributed by atoms with E-state index in [1.165, 1.54) is 12.8 Å². The number of nitrogens with one attached hydrogen (secondary N) is 3. The fourth-order valence-corrected chi connectivity index (χ4v) is 1.88. The molecule has 1 rings (SSSR count). The molecule has 1 fully saturated rings. The normalized spacial score (nSPS) is 36.8. The van der Waals surface area contributed by atoms with Crippen LogP contribution in [0.3, 0.4) is 0 Å². The minimum atomic E-state index is 0.527. The van der Waals surface area contributed by atoms with Crippen molar-refractivity contribution in [3.8, 4) is 0 Å². The molecule has 0 aliphatic heterocycles. The van der Waals surface area contributed by atoms with Gasteiger partial charge in [-0.15, -0.1) is 0 Å². The molecule has 0 spiro atoms. The van der Waals surface area contributed by atoms with E-state index in [0.717, 1.165) is 0 Å². The van der Waals surface area contributed by atoms with Crippen molar-refractivity contribution in [3.63, 3.8) is 0 Å². The van der Waals surface area contributed by atoms with Crippen LogP contribution in [0.4, 0.5) is 0 Å². The van der Waals surface area contributed by atoms with Crippen LogP contribution >= 0.6 is 0 Å². The molecule has 0 bridgehead atoms. The second-order valence-corrected chi connectivity index (χ2v) is 3.40. The predicted octanol–water partition coefficient (Wildman–Crippen LogP) is -0.252. The van der Waals surface area contributed by atoms with Gasteiger partial charge in [-0.1, -0.05) is 0 Å². The number of hydrogen-bond acceptors (Lipinski definition) is 3. The maximum Gasteiger partial charge on any atom is 0.0250 e. The highest BCUT2D eigenvalue weighted by molar-refractivity contribution is 5.00. The zero-order valence-electron chi connectivity index (χ0n) is 8.22. The van der Waals surface area contributed by atoms with Crippen LogP contribution in [0.25, 0.3) is 0 Å². The summed E-state index contributed by atoms with van der Waals surface area (Å²) < 4.78 is 0. The Bertz CT molecular complexity index is 127. The van der Waals surface area contributed by atoms with Crippen molar-refractivity contribution in [2.24, 2.45) is 0 Å². The molecular weight excluding hydrogens is 150 g/mol. The van der Waals surface area contributed by atoms with E-state index in [4.69, 9.17) is 0 Å². The van der Waals surface area contributed by atoms with E-state index in [-0.39, 0.29) is 0 Å². The molecule has 3 N–H and O–H groups in total. The van der Waals surface area contributed by atoms with E-state index in [2.05, 4.69) is 22.4 Å². The maximum atomic E-state index is 3.34. The molecule has 0 aromatic carbocycles. The Kier molecular flexibility index (Phi) is 3.98. The third-order valence-corrected chi connectivity index (χ3v) is 2.76. The van der Waals surface area contributed by atoms with E-state index < -0.39 is 0 Å². The SMILES string of the molecule is CNC1C[CH]C(NC)C(NC)C1. The van der Waals surface area contributed by atoms with Crippen molar-refractivity contribution in [3.05, 3.63) is 6.42 Å². The molecule has 0 amide bonds.